The fraction of sp³-hybridized carbons (Fsp3) is 0.333. The molecule has 0 aromatic rings. The van der Waals surface area contributed by atoms with Gasteiger partial charge in [0, 0.05) is 0 Å². The Morgan fingerprint density at radius 2 is 2.83 bits per heavy atom. The van der Waals surface area contributed by atoms with Crippen molar-refractivity contribution in [1.82, 2.24) is 0 Å². The molecule has 1 aliphatic rings. The fourth-order valence-corrected chi connectivity index (χ4v) is 0.250. The van der Waals surface area contributed by atoms with Crippen molar-refractivity contribution in [3.63, 3.8) is 0 Å². The van der Waals surface area contributed by atoms with E-state index in [2.05, 4.69) is 9.73 Å². The van der Waals surface area contributed by atoms with Crippen LogP contribution < -0.4 is 0 Å². The third-order valence-corrected chi connectivity index (χ3v) is 0.478. The van der Waals surface area contributed by atoms with E-state index in [4.69, 9.17) is 0 Å². The van der Waals surface area contributed by atoms with Crippen LogP contribution in [0.15, 0.2) is 4.99 Å². The highest BCUT2D eigenvalue weighted by atomic mass is 16.5. The molecule has 32 valence electrons. The first-order valence-electron chi connectivity index (χ1n) is 1.56. The number of ether oxygens (including phenoxy) is 1. The Hall–Kier alpha value is -0.860. The van der Waals surface area contributed by atoms with Crippen molar-refractivity contribution in [1.29, 1.82) is 0 Å². The zero-order valence-corrected chi connectivity index (χ0v) is 3.05. The third-order valence-electron chi connectivity index (χ3n) is 0.478. The minimum atomic E-state index is -0.338. The summed E-state index contributed by atoms with van der Waals surface area (Å²) in [6.07, 6.45) is 1.17. The number of rotatable bonds is 0. The molecule has 1 rings (SSSR count). The number of hydrogen-bond donors (Lipinski definition) is 0. The van der Waals surface area contributed by atoms with Gasteiger partial charge in [0.1, 0.15) is 6.21 Å². The van der Waals surface area contributed by atoms with Crippen molar-refractivity contribution in [3.05, 3.63) is 0 Å². The van der Waals surface area contributed by atoms with E-state index in [-0.39, 0.29) is 12.7 Å². The van der Waals surface area contributed by atoms with Gasteiger partial charge in [-0.1, -0.05) is 0 Å². The van der Waals surface area contributed by atoms with E-state index in [1.54, 1.807) is 0 Å². The van der Waals surface area contributed by atoms with Crippen LogP contribution in [0.2, 0.25) is 0 Å². The summed E-state index contributed by atoms with van der Waals surface area (Å²) in [4.78, 5) is 13.3. The zero-order valence-electron chi connectivity index (χ0n) is 3.05. The van der Waals surface area contributed by atoms with Crippen LogP contribution in [0.5, 0.6) is 0 Å². The number of esters is 1. The lowest BCUT2D eigenvalue weighted by Gasteiger charge is -1.79. The Morgan fingerprint density at radius 1 is 2.00 bits per heavy atom. The van der Waals surface area contributed by atoms with Crippen molar-refractivity contribution < 1.29 is 9.53 Å². The molecule has 0 amide bonds. The first-order chi connectivity index (χ1) is 2.89. The highest BCUT2D eigenvalue weighted by molar-refractivity contribution is 6.24. The molecule has 3 heteroatoms. The molecular weight excluding hydrogens is 82.0 g/mol. The second kappa shape index (κ2) is 1.08. The van der Waals surface area contributed by atoms with E-state index in [0.717, 1.165) is 0 Å². The van der Waals surface area contributed by atoms with Crippen molar-refractivity contribution in [2.45, 2.75) is 0 Å². The summed E-state index contributed by atoms with van der Waals surface area (Å²) in [6.45, 7) is 0.207. The smallest absolute Gasteiger partial charge is 0.350 e. The summed E-state index contributed by atoms with van der Waals surface area (Å²) in [7, 11) is 0. The molecule has 6 heavy (non-hydrogen) atoms. The van der Waals surface area contributed by atoms with Crippen LogP contribution in [0.25, 0.3) is 0 Å². The molecule has 0 aliphatic carbocycles. The van der Waals surface area contributed by atoms with Gasteiger partial charge in [-0.2, -0.15) is 0 Å². The van der Waals surface area contributed by atoms with Crippen LogP contribution in [0.3, 0.4) is 0 Å². The maximum Gasteiger partial charge on any atom is 0.350 e. The Labute approximate surface area is 34.6 Å². The van der Waals surface area contributed by atoms with E-state index < -0.39 is 0 Å². The van der Waals surface area contributed by atoms with Gasteiger partial charge in [-0.15, -0.1) is 0 Å². The average molecular weight is 85.1 g/mol. The van der Waals surface area contributed by atoms with Crippen LogP contribution >= 0.6 is 0 Å². The van der Waals surface area contributed by atoms with E-state index in [0.29, 0.717) is 0 Å². The maximum atomic E-state index is 9.87. The molecule has 0 N–H and O–H groups in total. The molecule has 0 radical (unpaired) electrons. The number of aliphatic imine (C=N–C) groups is 1. The van der Waals surface area contributed by atoms with Gasteiger partial charge in [0.2, 0.25) is 0 Å². The lowest BCUT2D eigenvalue weighted by atomic mass is 10.8. The molecule has 0 aromatic heterocycles. The van der Waals surface area contributed by atoms with Crippen LogP contribution in [-0.4, -0.2) is 18.9 Å². The highest BCUT2D eigenvalue weighted by Crippen LogP contribution is 1.82. The first kappa shape index (κ1) is 3.33. The van der Waals surface area contributed by atoms with E-state index in [9.17, 15) is 4.79 Å². The van der Waals surface area contributed by atoms with Crippen molar-refractivity contribution in [3.8, 4) is 0 Å². The van der Waals surface area contributed by atoms with E-state index >= 15 is 0 Å². The molecule has 0 atom stereocenters. The molecular formula is C3H3NO2. The predicted molar refractivity (Wildman–Crippen MR) is 19.5 cm³/mol. The quantitative estimate of drug-likeness (QED) is 0.374. The van der Waals surface area contributed by atoms with E-state index in [1.165, 1.54) is 6.21 Å². The Kier molecular flexibility index (Phi) is 0.602. The van der Waals surface area contributed by atoms with Gasteiger partial charge in [-0.25, -0.2) is 9.79 Å². The number of cyclic esters (lactones) is 1. The number of nitrogens with zero attached hydrogens (tertiary/aromatic N) is 1. The summed E-state index contributed by atoms with van der Waals surface area (Å²) >= 11 is 0. The van der Waals surface area contributed by atoms with Crippen molar-refractivity contribution in [2.24, 2.45) is 4.99 Å². The molecule has 1 heterocycles. The highest BCUT2D eigenvalue weighted by Gasteiger charge is 2.00. The predicted octanol–water partition coefficient (Wildman–Crippen LogP) is -0.429. The van der Waals surface area contributed by atoms with Gasteiger partial charge >= 0.3 is 5.97 Å². The summed E-state index contributed by atoms with van der Waals surface area (Å²) in [5.41, 5.74) is 0. The molecule has 0 saturated heterocycles. The average Bonchev–Trinajstić information content (AvgIpc) is 1.86. The first-order valence-corrected chi connectivity index (χ1v) is 1.56. The van der Waals surface area contributed by atoms with Crippen LogP contribution in [0.4, 0.5) is 0 Å². The summed E-state index contributed by atoms with van der Waals surface area (Å²) in [5, 5.41) is 0. The van der Waals surface area contributed by atoms with Gasteiger partial charge < -0.3 is 4.74 Å². The molecule has 1 aliphatic heterocycles. The van der Waals surface area contributed by atoms with Gasteiger partial charge in [0.25, 0.3) is 0 Å². The van der Waals surface area contributed by atoms with Crippen LogP contribution in [-0.2, 0) is 9.53 Å². The zero-order chi connectivity index (χ0) is 4.41. The normalized spacial score (nSPS) is 18.3. The summed E-state index contributed by atoms with van der Waals surface area (Å²) < 4.78 is 4.29. The van der Waals surface area contributed by atoms with Crippen molar-refractivity contribution >= 4 is 12.2 Å². The summed E-state index contributed by atoms with van der Waals surface area (Å²) in [5.74, 6) is -0.338. The number of carbonyl (C=O) groups excluding carboxylic acids is 1. The SMILES string of the molecule is O=C1C=NCO1. The Bertz CT molecular complexity index is 97.0. The van der Waals surface area contributed by atoms with Crippen molar-refractivity contribution in [2.75, 3.05) is 6.73 Å². The van der Waals surface area contributed by atoms with E-state index in [1.807, 2.05) is 0 Å². The summed E-state index contributed by atoms with van der Waals surface area (Å²) in [6, 6.07) is 0. The lowest BCUT2D eigenvalue weighted by molar-refractivity contribution is -0.132. The standard InChI is InChI=1S/C3H3NO2/c5-3-1-4-2-6-3/h1H,2H2. The monoisotopic (exact) mass is 85.0 g/mol. The minimum absolute atomic E-state index is 0.207. The second-order valence-corrected chi connectivity index (χ2v) is 0.904. The van der Waals surface area contributed by atoms with Crippen LogP contribution in [0.1, 0.15) is 0 Å². The topological polar surface area (TPSA) is 38.7 Å². The minimum Gasteiger partial charge on any atom is -0.438 e. The van der Waals surface area contributed by atoms with Gasteiger partial charge in [-0.3, -0.25) is 0 Å². The number of hydrogen-bond acceptors (Lipinski definition) is 3. The lowest BCUT2D eigenvalue weighted by Crippen LogP contribution is -1.94. The van der Waals surface area contributed by atoms with Gasteiger partial charge in [-0.05, 0) is 0 Å². The molecule has 0 unspecified atom stereocenters. The molecule has 0 fully saturated rings. The molecule has 0 spiro atoms. The molecule has 0 saturated carbocycles. The largest absolute Gasteiger partial charge is 0.438 e. The van der Waals surface area contributed by atoms with Gasteiger partial charge in [0.15, 0.2) is 6.73 Å². The Balaban J connectivity index is 2.59. The Morgan fingerprint density at radius 3 is 3.00 bits per heavy atom. The third kappa shape index (κ3) is 0.381. The molecule has 0 bridgehead atoms. The van der Waals surface area contributed by atoms with Crippen LogP contribution in [0, 0.1) is 0 Å². The maximum absolute atomic E-state index is 9.87. The second-order valence-electron chi connectivity index (χ2n) is 0.904. The molecule has 3 nitrogen and oxygen atoms in total. The van der Waals surface area contributed by atoms with Gasteiger partial charge in [0.05, 0.1) is 0 Å². The number of carbonyl (C=O) groups is 1. The fourth-order valence-electron chi connectivity index (χ4n) is 0.250. The molecule has 0 aromatic carbocycles.